The van der Waals surface area contributed by atoms with Crippen LogP contribution in [-0.4, -0.2) is 92.4 Å². The summed E-state index contributed by atoms with van der Waals surface area (Å²) in [5.74, 6) is -4.01. The van der Waals surface area contributed by atoms with E-state index in [-0.39, 0.29) is 23.8 Å². The van der Waals surface area contributed by atoms with Gasteiger partial charge in [0.15, 0.2) is 0 Å². The molecule has 6 atom stereocenters. The number of rotatable bonds is 5. The standard InChI is InChI=1S/C32H40BrN5O5/c1-16(2)12-24-29(40)37-11-7-10-25(37)32(42)38(24)30(41)31(43-32,17(3)4)35-28(39)18-13-20-19-8-6-9-22-26(19)21(27(33)34-22)14-23(20)36(5)15-18/h6,8-9,13,16-18,23-25,34,42H,7,10-12,14-15H2,1-5H3,(H,35,39)/t18?,23-,24-,25-,31+,32-/m0/s1. The second-order valence-electron chi connectivity index (χ2n) is 13.7. The van der Waals surface area contributed by atoms with Crippen LogP contribution >= 0.6 is 15.9 Å². The maximum atomic E-state index is 14.4. The second kappa shape index (κ2) is 9.89. The maximum absolute atomic E-state index is 14.4. The van der Waals surface area contributed by atoms with Crippen LogP contribution in [0.4, 0.5) is 0 Å². The Morgan fingerprint density at radius 1 is 1.26 bits per heavy atom. The molecule has 10 nitrogen and oxygen atoms in total. The number of ether oxygens (including phenoxy) is 1. The highest BCUT2D eigenvalue weighted by Crippen LogP contribution is 2.49. The van der Waals surface area contributed by atoms with E-state index in [0.717, 1.165) is 34.1 Å². The lowest BCUT2D eigenvalue weighted by Gasteiger charge is -2.49. The number of piperazine rings is 1. The minimum absolute atomic E-state index is 0.104. The van der Waals surface area contributed by atoms with Crippen molar-refractivity contribution in [1.29, 1.82) is 0 Å². The predicted molar refractivity (Wildman–Crippen MR) is 164 cm³/mol. The van der Waals surface area contributed by atoms with Crippen LogP contribution in [0.2, 0.25) is 0 Å². The molecule has 4 aliphatic heterocycles. The van der Waals surface area contributed by atoms with Crippen LogP contribution in [0.25, 0.3) is 16.5 Å². The molecular formula is C32H40BrN5O5. The van der Waals surface area contributed by atoms with Crippen LogP contribution < -0.4 is 5.32 Å². The molecule has 0 radical (unpaired) electrons. The van der Waals surface area contributed by atoms with Crippen LogP contribution in [0.1, 0.15) is 58.1 Å². The van der Waals surface area contributed by atoms with Gasteiger partial charge in [0.25, 0.3) is 11.8 Å². The van der Waals surface area contributed by atoms with Gasteiger partial charge in [-0.3, -0.25) is 28.9 Å². The fourth-order valence-electron chi connectivity index (χ4n) is 8.15. The van der Waals surface area contributed by atoms with Gasteiger partial charge >= 0.3 is 0 Å². The van der Waals surface area contributed by atoms with Crippen LogP contribution in [0, 0.1) is 17.8 Å². The molecule has 1 aromatic carbocycles. The number of carbonyl (C=O) groups excluding carboxylic acids is 3. The average molecular weight is 655 g/mol. The summed E-state index contributed by atoms with van der Waals surface area (Å²) in [5, 5.41) is 16.3. The van der Waals surface area contributed by atoms with Crippen molar-refractivity contribution in [2.45, 2.75) is 83.1 Å². The number of nitrogens with zero attached hydrogens (tertiary/aromatic N) is 3. The van der Waals surface area contributed by atoms with Gasteiger partial charge in [-0.2, -0.15) is 0 Å². The van der Waals surface area contributed by atoms with Gasteiger partial charge < -0.3 is 20.3 Å². The number of nitrogens with one attached hydrogen (secondary N) is 2. The number of benzene rings is 1. The van der Waals surface area contributed by atoms with Crippen LogP contribution in [-0.2, 0) is 25.5 Å². The van der Waals surface area contributed by atoms with Crippen molar-refractivity contribution in [3.05, 3.63) is 40.0 Å². The molecule has 11 heteroatoms. The zero-order valence-electron chi connectivity index (χ0n) is 25.3. The smallest absolute Gasteiger partial charge is 0.281 e. The number of likely N-dealkylation sites (N-methyl/N-ethyl adjacent to an activating group) is 1. The summed E-state index contributed by atoms with van der Waals surface area (Å²) in [5.41, 5.74) is 2.68. The molecule has 1 aromatic heterocycles. The third kappa shape index (κ3) is 4.04. The molecule has 230 valence electrons. The van der Waals surface area contributed by atoms with Gasteiger partial charge in [0, 0.05) is 36.0 Å². The van der Waals surface area contributed by atoms with Crippen molar-refractivity contribution in [2.24, 2.45) is 17.8 Å². The Kier molecular flexibility index (Phi) is 6.67. The van der Waals surface area contributed by atoms with Gasteiger partial charge in [0.2, 0.25) is 17.5 Å². The van der Waals surface area contributed by atoms with E-state index in [1.807, 2.05) is 33.0 Å². The fourth-order valence-corrected chi connectivity index (χ4v) is 8.72. The van der Waals surface area contributed by atoms with E-state index < -0.39 is 41.5 Å². The lowest BCUT2D eigenvalue weighted by Crippen LogP contribution is -2.71. The second-order valence-corrected chi connectivity index (χ2v) is 14.5. The van der Waals surface area contributed by atoms with Crippen molar-refractivity contribution < 1.29 is 24.2 Å². The number of hydrogen-bond acceptors (Lipinski definition) is 6. The quantitative estimate of drug-likeness (QED) is 0.456. The molecule has 0 spiro atoms. The molecule has 3 amide bonds. The molecule has 43 heavy (non-hydrogen) atoms. The summed E-state index contributed by atoms with van der Waals surface area (Å²) in [7, 11) is 2.03. The molecule has 2 aromatic rings. The van der Waals surface area contributed by atoms with Gasteiger partial charge in [-0.1, -0.05) is 45.9 Å². The van der Waals surface area contributed by atoms with Gasteiger partial charge in [-0.15, -0.1) is 0 Å². The largest absolute Gasteiger partial charge is 0.349 e. The Hall–Kier alpha value is -2.73. The average Bonchev–Trinajstić information content (AvgIpc) is 3.63. The lowest BCUT2D eigenvalue weighted by atomic mass is 9.79. The summed E-state index contributed by atoms with van der Waals surface area (Å²) in [4.78, 5) is 50.8. The highest BCUT2D eigenvalue weighted by atomic mass is 79.9. The normalized spacial score (nSPS) is 33.7. The first-order chi connectivity index (χ1) is 20.4. The van der Waals surface area contributed by atoms with Gasteiger partial charge in [0.05, 0.1) is 10.5 Å². The lowest BCUT2D eigenvalue weighted by molar-refractivity contribution is -0.322. The Morgan fingerprint density at radius 3 is 2.74 bits per heavy atom. The maximum Gasteiger partial charge on any atom is 0.281 e. The molecule has 7 rings (SSSR count). The number of fused-ring (bicyclic) bond motifs is 5. The van der Waals surface area contributed by atoms with Crippen molar-refractivity contribution in [3.8, 4) is 0 Å². The Balaban J connectivity index is 1.25. The highest BCUT2D eigenvalue weighted by molar-refractivity contribution is 9.10. The Bertz CT molecular complexity index is 1570. The van der Waals surface area contributed by atoms with E-state index in [1.165, 1.54) is 15.8 Å². The van der Waals surface area contributed by atoms with E-state index in [2.05, 4.69) is 43.3 Å². The summed E-state index contributed by atoms with van der Waals surface area (Å²) >= 11 is 3.70. The van der Waals surface area contributed by atoms with Crippen molar-refractivity contribution >= 4 is 50.1 Å². The third-order valence-corrected chi connectivity index (χ3v) is 10.9. The van der Waals surface area contributed by atoms with Crippen LogP contribution in [0.5, 0.6) is 0 Å². The van der Waals surface area contributed by atoms with Crippen LogP contribution in [0.3, 0.4) is 0 Å². The molecule has 5 heterocycles. The number of aliphatic hydroxyl groups is 1. The molecule has 3 fully saturated rings. The molecule has 1 aliphatic carbocycles. The molecule has 3 N–H and O–H groups in total. The first-order valence-corrected chi connectivity index (χ1v) is 16.3. The number of aromatic amines is 1. The molecule has 0 saturated carbocycles. The molecule has 5 aliphatic rings. The first kappa shape index (κ1) is 29.0. The third-order valence-electron chi connectivity index (χ3n) is 10.3. The summed E-state index contributed by atoms with van der Waals surface area (Å²) in [6.45, 7) is 8.57. The highest BCUT2D eigenvalue weighted by Gasteiger charge is 2.72. The zero-order chi connectivity index (χ0) is 30.6. The summed E-state index contributed by atoms with van der Waals surface area (Å²) in [6.07, 6.45) is 4.49. The number of carbonyl (C=O) groups is 3. The topological polar surface area (TPSA) is 118 Å². The molecule has 3 saturated heterocycles. The van der Waals surface area contributed by atoms with Gasteiger partial charge in [-0.25, -0.2) is 0 Å². The Labute approximate surface area is 259 Å². The van der Waals surface area contributed by atoms with Gasteiger partial charge in [0.1, 0.15) is 12.1 Å². The van der Waals surface area contributed by atoms with Crippen LogP contribution in [0.15, 0.2) is 28.9 Å². The summed E-state index contributed by atoms with van der Waals surface area (Å²) in [6, 6.07) is 4.76. The SMILES string of the molecule is CC(C)C[C@H]1C(=O)N2CCC[C@H]2[C@]2(O)O[C@](NC(=O)C3C=C4c5cccc6[nH]c(Br)c(c56)C[C@@H]4N(C)C3)(C(C)C)C(=O)N12. The Morgan fingerprint density at radius 2 is 2.02 bits per heavy atom. The van der Waals surface area contributed by atoms with E-state index in [0.29, 0.717) is 25.9 Å². The van der Waals surface area contributed by atoms with E-state index in [1.54, 1.807) is 18.7 Å². The molecule has 1 unspecified atom stereocenters. The van der Waals surface area contributed by atoms with Gasteiger partial charge in [-0.05, 0) is 77.3 Å². The zero-order valence-corrected chi connectivity index (χ0v) is 26.9. The van der Waals surface area contributed by atoms with Crippen molar-refractivity contribution in [2.75, 3.05) is 20.1 Å². The monoisotopic (exact) mass is 653 g/mol. The van der Waals surface area contributed by atoms with Crippen molar-refractivity contribution in [3.63, 3.8) is 0 Å². The summed E-state index contributed by atoms with van der Waals surface area (Å²) < 4.78 is 7.43. The molecular weight excluding hydrogens is 614 g/mol. The number of H-pyrrole nitrogens is 1. The van der Waals surface area contributed by atoms with Crippen molar-refractivity contribution in [1.82, 2.24) is 25.0 Å². The minimum atomic E-state index is -2.01. The predicted octanol–water partition coefficient (Wildman–Crippen LogP) is 3.19. The molecule has 0 bridgehead atoms. The van der Waals surface area contributed by atoms with E-state index >= 15 is 0 Å². The fraction of sp³-hybridized carbons (Fsp3) is 0.594. The number of hydrogen-bond donors (Lipinski definition) is 3. The number of halogens is 1. The first-order valence-electron chi connectivity index (χ1n) is 15.5. The number of amides is 3. The number of aromatic nitrogens is 1. The van der Waals surface area contributed by atoms with E-state index in [9.17, 15) is 19.5 Å². The minimum Gasteiger partial charge on any atom is -0.349 e. The van der Waals surface area contributed by atoms with E-state index in [4.69, 9.17) is 4.74 Å².